The standard InChI is InChI=1S/C24H18F2N8O2/c1-13(25)24(35)30-16-6-3-14(4-7-16)21-20(22-23(27)28-12-29-34(22)32-21)15-5-8-18(17(26)11-15)36-19-9-10-33(2)31-19/h3-12H,1H2,2H3,(H,30,35)(H2,27,28,29). The second-order valence-corrected chi connectivity index (χ2v) is 7.72. The van der Waals surface area contributed by atoms with Gasteiger partial charge in [-0.2, -0.15) is 0 Å². The van der Waals surface area contributed by atoms with Gasteiger partial charge in [-0.3, -0.25) is 9.48 Å². The smallest absolute Gasteiger partial charge is 0.283 e. The lowest BCUT2D eigenvalue weighted by Crippen LogP contribution is -2.10. The summed E-state index contributed by atoms with van der Waals surface area (Å²) in [6, 6.07) is 12.5. The summed E-state index contributed by atoms with van der Waals surface area (Å²) in [5, 5.41) is 15.1. The van der Waals surface area contributed by atoms with Gasteiger partial charge in [0.15, 0.2) is 23.2 Å². The van der Waals surface area contributed by atoms with Gasteiger partial charge in [-0.15, -0.1) is 19.9 Å². The zero-order valence-electron chi connectivity index (χ0n) is 18.8. The number of nitrogen functional groups attached to an aromatic ring is 1. The van der Waals surface area contributed by atoms with Crippen molar-refractivity contribution in [2.45, 2.75) is 0 Å². The summed E-state index contributed by atoms with van der Waals surface area (Å²) in [6.07, 6.45) is 2.94. The molecule has 2 aromatic carbocycles. The van der Waals surface area contributed by atoms with Crippen LogP contribution in [0.4, 0.5) is 20.3 Å². The zero-order chi connectivity index (χ0) is 25.4. The van der Waals surface area contributed by atoms with Gasteiger partial charge in [-0.25, -0.2) is 13.8 Å². The predicted molar refractivity (Wildman–Crippen MR) is 128 cm³/mol. The van der Waals surface area contributed by atoms with Crippen LogP contribution in [0.5, 0.6) is 11.6 Å². The fraction of sp³-hybridized carbons (Fsp3) is 0.0417. The number of ether oxygens (including phenoxy) is 1. The molecule has 10 nitrogen and oxygen atoms in total. The molecule has 5 rings (SSSR count). The highest BCUT2D eigenvalue weighted by molar-refractivity contribution is 6.02. The third-order valence-corrected chi connectivity index (χ3v) is 5.26. The highest BCUT2D eigenvalue weighted by atomic mass is 19.1. The number of aryl methyl sites for hydroxylation is 1. The SMILES string of the molecule is C=C(F)C(=O)Nc1ccc(-c2nn3ncnc(N)c3c2-c2ccc(Oc3ccn(C)n3)c(F)c2)cc1. The second-order valence-electron chi connectivity index (χ2n) is 7.72. The Morgan fingerprint density at radius 2 is 1.86 bits per heavy atom. The molecule has 0 fully saturated rings. The first-order valence-corrected chi connectivity index (χ1v) is 10.5. The van der Waals surface area contributed by atoms with Crippen LogP contribution in [-0.2, 0) is 11.8 Å². The van der Waals surface area contributed by atoms with E-state index in [9.17, 15) is 9.18 Å². The van der Waals surface area contributed by atoms with Crippen LogP contribution in [0, 0.1) is 5.82 Å². The van der Waals surface area contributed by atoms with Gasteiger partial charge in [-0.05, 0) is 29.8 Å². The highest BCUT2D eigenvalue weighted by Gasteiger charge is 2.21. The number of anilines is 2. The summed E-state index contributed by atoms with van der Waals surface area (Å²) in [5.74, 6) is -2.27. The first-order valence-electron chi connectivity index (χ1n) is 10.5. The molecule has 0 saturated carbocycles. The number of nitrogens with two attached hydrogens (primary N) is 1. The van der Waals surface area contributed by atoms with E-state index in [1.54, 1.807) is 54.3 Å². The van der Waals surface area contributed by atoms with Crippen LogP contribution >= 0.6 is 0 Å². The Balaban J connectivity index is 1.57. The van der Waals surface area contributed by atoms with Gasteiger partial charge >= 0.3 is 0 Å². The quantitative estimate of drug-likeness (QED) is 0.344. The minimum absolute atomic E-state index is 0.00533. The number of benzene rings is 2. The Morgan fingerprint density at radius 3 is 2.53 bits per heavy atom. The molecule has 0 atom stereocenters. The van der Waals surface area contributed by atoms with Crippen molar-refractivity contribution in [3.8, 4) is 34.0 Å². The number of amides is 1. The van der Waals surface area contributed by atoms with Crippen molar-refractivity contribution in [2.75, 3.05) is 11.1 Å². The highest BCUT2D eigenvalue weighted by Crippen LogP contribution is 2.38. The largest absolute Gasteiger partial charge is 0.434 e. The van der Waals surface area contributed by atoms with Crippen LogP contribution in [0.3, 0.4) is 0 Å². The molecular formula is C24H18F2N8O2. The average Bonchev–Trinajstić information content (AvgIpc) is 3.45. The molecular weight excluding hydrogens is 470 g/mol. The summed E-state index contributed by atoms with van der Waals surface area (Å²) < 4.78 is 36.5. The number of carbonyl (C=O) groups excluding carboxylic acids is 1. The molecule has 0 unspecified atom stereocenters. The lowest BCUT2D eigenvalue weighted by Gasteiger charge is -2.09. The normalized spacial score (nSPS) is 11.0. The summed E-state index contributed by atoms with van der Waals surface area (Å²) >= 11 is 0. The maximum Gasteiger partial charge on any atom is 0.283 e. The number of fused-ring (bicyclic) bond motifs is 1. The van der Waals surface area contributed by atoms with Crippen LogP contribution in [0.25, 0.3) is 27.9 Å². The lowest BCUT2D eigenvalue weighted by atomic mass is 9.99. The Hall–Kier alpha value is -5.13. The third-order valence-electron chi connectivity index (χ3n) is 5.26. The van der Waals surface area contributed by atoms with E-state index in [1.165, 1.54) is 23.1 Å². The molecule has 0 aliphatic carbocycles. The van der Waals surface area contributed by atoms with Gasteiger partial charge in [0.2, 0.25) is 5.88 Å². The summed E-state index contributed by atoms with van der Waals surface area (Å²) in [7, 11) is 1.73. The van der Waals surface area contributed by atoms with Crippen LogP contribution in [-0.4, -0.2) is 35.5 Å². The molecule has 0 saturated heterocycles. The predicted octanol–water partition coefficient (Wildman–Crippen LogP) is 4.13. The Kier molecular flexibility index (Phi) is 5.60. The van der Waals surface area contributed by atoms with Crippen molar-refractivity contribution >= 4 is 22.9 Å². The fourth-order valence-electron chi connectivity index (χ4n) is 3.60. The van der Waals surface area contributed by atoms with Gasteiger partial charge in [0.1, 0.15) is 17.5 Å². The molecule has 36 heavy (non-hydrogen) atoms. The van der Waals surface area contributed by atoms with Crippen molar-refractivity contribution in [1.29, 1.82) is 0 Å². The van der Waals surface area contributed by atoms with Crippen LogP contribution < -0.4 is 15.8 Å². The molecule has 0 spiro atoms. The van der Waals surface area contributed by atoms with Crippen LogP contribution in [0.15, 0.2) is 73.5 Å². The second kappa shape index (κ2) is 8.91. The fourth-order valence-corrected chi connectivity index (χ4v) is 3.60. The Bertz CT molecular complexity index is 1630. The van der Waals surface area contributed by atoms with Crippen LogP contribution in [0.2, 0.25) is 0 Å². The number of hydrogen-bond acceptors (Lipinski definition) is 7. The molecule has 12 heteroatoms. The van der Waals surface area contributed by atoms with Crippen molar-refractivity contribution in [2.24, 2.45) is 7.05 Å². The number of carbonyl (C=O) groups is 1. The molecule has 1 amide bonds. The maximum absolute atomic E-state index is 15.1. The average molecular weight is 488 g/mol. The molecule has 3 heterocycles. The molecule has 5 aromatic rings. The molecule has 3 N–H and O–H groups in total. The Morgan fingerprint density at radius 1 is 1.11 bits per heavy atom. The maximum atomic E-state index is 15.1. The molecule has 180 valence electrons. The monoisotopic (exact) mass is 488 g/mol. The van der Waals surface area contributed by atoms with Crippen molar-refractivity contribution in [3.05, 3.63) is 79.3 Å². The van der Waals surface area contributed by atoms with Gasteiger partial charge in [-0.1, -0.05) is 24.8 Å². The third kappa shape index (κ3) is 4.22. The number of nitrogens with one attached hydrogen (secondary N) is 1. The van der Waals surface area contributed by atoms with Crippen molar-refractivity contribution in [3.63, 3.8) is 0 Å². The molecule has 0 bridgehead atoms. The molecule has 0 radical (unpaired) electrons. The first-order chi connectivity index (χ1) is 17.3. The number of rotatable bonds is 6. The van der Waals surface area contributed by atoms with E-state index in [4.69, 9.17) is 10.5 Å². The van der Waals surface area contributed by atoms with E-state index in [-0.39, 0.29) is 17.4 Å². The first kappa shape index (κ1) is 22.7. The van der Waals surface area contributed by atoms with E-state index in [0.717, 1.165) is 0 Å². The molecule has 0 aliphatic heterocycles. The van der Waals surface area contributed by atoms with E-state index < -0.39 is 17.6 Å². The van der Waals surface area contributed by atoms with E-state index >= 15 is 4.39 Å². The summed E-state index contributed by atoms with van der Waals surface area (Å²) in [4.78, 5) is 15.6. The Labute approximate surface area is 202 Å². The van der Waals surface area contributed by atoms with Gasteiger partial charge in [0.05, 0.1) is 0 Å². The number of nitrogens with zero attached hydrogens (tertiary/aromatic N) is 6. The van der Waals surface area contributed by atoms with E-state index in [2.05, 4.69) is 32.2 Å². The topological polar surface area (TPSA) is 125 Å². The van der Waals surface area contributed by atoms with Gasteiger partial charge in [0.25, 0.3) is 5.91 Å². The van der Waals surface area contributed by atoms with Crippen molar-refractivity contribution < 1.29 is 18.3 Å². The van der Waals surface area contributed by atoms with Crippen molar-refractivity contribution in [1.82, 2.24) is 29.6 Å². The molecule has 3 aromatic heterocycles. The van der Waals surface area contributed by atoms with E-state index in [0.29, 0.717) is 33.6 Å². The van der Waals surface area contributed by atoms with Gasteiger partial charge in [0, 0.05) is 36.1 Å². The minimum atomic E-state index is -1.10. The number of halogens is 2. The molecule has 0 aliphatic rings. The van der Waals surface area contributed by atoms with E-state index in [1.807, 2.05) is 0 Å². The zero-order valence-corrected chi connectivity index (χ0v) is 18.8. The van der Waals surface area contributed by atoms with Gasteiger partial charge < -0.3 is 15.8 Å². The summed E-state index contributed by atoms with van der Waals surface area (Å²) in [6.45, 7) is 2.97. The lowest BCUT2D eigenvalue weighted by molar-refractivity contribution is -0.114. The summed E-state index contributed by atoms with van der Waals surface area (Å²) in [5.41, 5.74) is 8.87. The minimum Gasteiger partial charge on any atom is -0.434 e. The van der Waals surface area contributed by atoms with Crippen LogP contribution in [0.1, 0.15) is 0 Å². The number of aromatic nitrogens is 6. The number of hydrogen-bond donors (Lipinski definition) is 2.